The molecule has 2 fully saturated rings. The maximum atomic E-state index is 12.6. The average Bonchev–Trinajstić information content (AvgIpc) is 3.13. The van der Waals surface area contributed by atoms with E-state index in [0.717, 1.165) is 24.8 Å². The lowest BCUT2D eigenvalue weighted by molar-refractivity contribution is -0.141. The fourth-order valence-electron chi connectivity index (χ4n) is 3.20. The van der Waals surface area contributed by atoms with Gasteiger partial charge in [-0.15, -0.1) is 0 Å². The maximum absolute atomic E-state index is 12.6. The Labute approximate surface area is 128 Å². The van der Waals surface area contributed by atoms with Crippen molar-refractivity contribution in [2.75, 3.05) is 0 Å². The summed E-state index contributed by atoms with van der Waals surface area (Å²) in [6, 6.07) is 7.41. The van der Waals surface area contributed by atoms with E-state index in [9.17, 15) is 9.59 Å². The molecule has 3 rings (SSSR count). The molecular weight excluding hydrogens is 290 g/mol. The summed E-state index contributed by atoms with van der Waals surface area (Å²) in [4.78, 5) is 23.5. The number of rotatable bonds is 4. The molecule has 2 N–H and O–H groups in total. The summed E-state index contributed by atoms with van der Waals surface area (Å²) in [5.41, 5.74) is 0.573. The molecule has 0 bridgehead atoms. The first kappa shape index (κ1) is 14.4. The van der Waals surface area contributed by atoms with Crippen molar-refractivity contribution < 1.29 is 14.7 Å². The van der Waals surface area contributed by atoms with Crippen molar-refractivity contribution >= 4 is 23.5 Å². The molecule has 21 heavy (non-hydrogen) atoms. The maximum Gasteiger partial charge on any atom is 0.306 e. The first-order valence-corrected chi connectivity index (χ1v) is 7.69. The average molecular weight is 308 g/mol. The second-order valence-electron chi connectivity index (χ2n) is 6.11. The van der Waals surface area contributed by atoms with E-state index in [1.807, 2.05) is 12.1 Å². The Balaban J connectivity index is 1.66. The van der Waals surface area contributed by atoms with E-state index < -0.39 is 11.4 Å². The van der Waals surface area contributed by atoms with Crippen molar-refractivity contribution in [1.82, 2.24) is 5.32 Å². The van der Waals surface area contributed by atoms with Gasteiger partial charge in [-0.2, -0.15) is 0 Å². The number of benzene rings is 1. The molecule has 1 aromatic rings. The topological polar surface area (TPSA) is 66.4 Å². The molecule has 112 valence electrons. The van der Waals surface area contributed by atoms with Gasteiger partial charge in [0, 0.05) is 11.1 Å². The number of nitrogens with one attached hydrogen (secondary N) is 1. The summed E-state index contributed by atoms with van der Waals surface area (Å²) in [5, 5.41) is 12.7. The monoisotopic (exact) mass is 307 g/mol. The summed E-state index contributed by atoms with van der Waals surface area (Å²) >= 11 is 5.89. The number of amides is 1. The van der Waals surface area contributed by atoms with Gasteiger partial charge in [0.05, 0.1) is 11.3 Å². The largest absolute Gasteiger partial charge is 0.481 e. The summed E-state index contributed by atoms with van der Waals surface area (Å²) in [6.45, 7) is 0. The summed E-state index contributed by atoms with van der Waals surface area (Å²) in [7, 11) is 0. The van der Waals surface area contributed by atoms with Crippen LogP contribution in [0.1, 0.15) is 37.7 Å². The van der Waals surface area contributed by atoms with Crippen LogP contribution in [0.3, 0.4) is 0 Å². The predicted octanol–water partition coefficient (Wildman–Crippen LogP) is 2.74. The number of aliphatic carboxylic acids is 1. The lowest BCUT2D eigenvalue weighted by atomic mass is 9.94. The first-order chi connectivity index (χ1) is 10.0. The number of hydrogen-bond donors (Lipinski definition) is 2. The second kappa shape index (κ2) is 5.34. The molecule has 2 atom stereocenters. The van der Waals surface area contributed by atoms with E-state index in [4.69, 9.17) is 16.7 Å². The minimum atomic E-state index is -0.759. The van der Waals surface area contributed by atoms with Crippen LogP contribution in [0.2, 0.25) is 5.02 Å². The zero-order valence-electron chi connectivity index (χ0n) is 11.6. The third-order valence-electron chi connectivity index (χ3n) is 4.70. The molecule has 1 aromatic carbocycles. The lowest BCUT2D eigenvalue weighted by Gasteiger charge is -2.19. The van der Waals surface area contributed by atoms with Gasteiger partial charge in [0.25, 0.3) is 0 Å². The molecule has 2 aliphatic rings. The van der Waals surface area contributed by atoms with Crippen molar-refractivity contribution in [3.05, 3.63) is 34.9 Å². The van der Waals surface area contributed by atoms with Gasteiger partial charge in [-0.3, -0.25) is 9.59 Å². The van der Waals surface area contributed by atoms with Crippen LogP contribution in [-0.4, -0.2) is 23.0 Å². The van der Waals surface area contributed by atoms with E-state index in [0.29, 0.717) is 17.9 Å². The van der Waals surface area contributed by atoms with Crippen LogP contribution < -0.4 is 5.32 Å². The number of carbonyl (C=O) groups is 2. The van der Waals surface area contributed by atoms with Crippen LogP contribution in [-0.2, 0) is 15.0 Å². The molecule has 5 heteroatoms. The van der Waals surface area contributed by atoms with Gasteiger partial charge < -0.3 is 10.4 Å². The van der Waals surface area contributed by atoms with Crippen molar-refractivity contribution in [3.8, 4) is 0 Å². The van der Waals surface area contributed by atoms with E-state index >= 15 is 0 Å². The second-order valence-corrected chi connectivity index (χ2v) is 6.54. The molecule has 2 unspecified atom stereocenters. The Hall–Kier alpha value is -1.55. The van der Waals surface area contributed by atoms with Crippen LogP contribution in [0.5, 0.6) is 0 Å². The van der Waals surface area contributed by atoms with Crippen LogP contribution in [0.15, 0.2) is 24.3 Å². The van der Waals surface area contributed by atoms with Crippen molar-refractivity contribution in [1.29, 1.82) is 0 Å². The smallest absolute Gasteiger partial charge is 0.306 e. The number of hydrogen-bond acceptors (Lipinski definition) is 2. The highest BCUT2D eigenvalue weighted by atomic mass is 35.5. The fourth-order valence-corrected chi connectivity index (χ4v) is 3.33. The molecular formula is C16H18ClNO3. The lowest BCUT2D eigenvalue weighted by Crippen LogP contribution is -2.40. The standard InChI is InChI=1S/C16H18ClNO3/c17-12-4-2-11(3-5-12)16(7-8-16)15(21)18-13-6-1-10(9-13)14(19)20/h2-5,10,13H,1,6-9H2,(H,18,21)(H,19,20). The Kier molecular flexibility index (Phi) is 3.66. The van der Waals surface area contributed by atoms with Crippen LogP contribution in [0.4, 0.5) is 0 Å². The molecule has 2 saturated carbocycles. The van der Waals surface area contributed by atoms with Gasteiger partial charge in [0.1, 0.15) is 0 Å². The van der Waals surface area contributed by atoms with E-state index in [2.05, 4.69) is 5.32 Å². The van der Waals surface area contributed by atoms with E-state index in [-0.39, 0.29) is 17.9 Å². The Bertz CT molecular complexity index is 565. The van der Waals surface area contributed by atoms with Gasteiger partial charge in [-0.05, 0) is 49.8 Å². The third-order valence-corrected chi connectivity index (χ3v) is 4.95. The Morgan fingerprint density at radius 3 is 2.38 bits per heavy atom. The quantitative estimate of drug-likeness (QED) is 0.899. The van der Waals surface area contributed by atoms with Crippen LogP contribution in [0, 0.1) is 5.92 Å². The predicted molar refractivity (Wildman–Crippen MR) is 79.3 cm³/mol. The Morgan fingerprint density at radius 1 is 1.19 bits per heavy atom. The number of halogens is 1. The molecule has 2 aliphatic carbocycles. The van der Waals surface area contributed by atoms with Crippen LogP contribution >= 0.6 is 11.6 Å². The number of carboxylic acids is 1. The number of carboxylic acid groups (broad SMARTS) is 1. The zero-order chi connectivity index (χ0) is 15.0. The minimum Gasteiger partial charge on any atom is -0.481 e. The van der Waals surface area contributed by atoms with Gasteiger partial charge in [-0.1, -0.05) is 23.7 Å². The highest BCUT2D eigenvalue weighted by Gasteiger charge is 2.51. The molecule has 0 spiro atoms. The zero-order valence-corrected chi connectivity index (χ0v) is 12.4. The van der Waals surface area contributed by atoms with Gasteiger partial charge in [-0.25, -0.2) is 0 Å². The first-order valence-electron chi connectivity index (χ1n) is 7.31. The molecule has 4 nitrogen and oxygen atoms in total. The highest BCUT2D eigenvalue weighted by molar-refractivity contribution is 6.30. The van der Waals surface area contributed by atoms with Gasteiger partial charge >= 0.3 is 5.97 Å². The van der Waals surface area contributed by atoms with Crippen molar-refractivity contribution in [3.63, 3.8) is 0 Å². The van der Waals surface area contributed by atoms with Gasteiger partial charge in [0.15, 0.2) is 0 Å². The molecule has 0 heterocycles. The summed E-state index contributed by atoms with van der Waals surface area (Å²) < 4.78 is 0. The molecule has 1 amide bonds. The van der Waals surface area contributed by atoms with E-state index in [1.54, 1.807) is 12.1 Å². The molecule has 0 aliphatic heterocycles. The molecule has 0 aromatic heterocycles. The summed E-state index contributed by atoms with van der Waals surface area (Å²) in [6.07, 6.45) is 3.62. The molecule has 0 radical (unpaired) electrons. The Morgan fingerprint density at radius 2 is 1.86 bits per heavy atom. The van der Waals surface area contributed by atoms with Crippen molar-refractivity contribution in [2.45, 2.75) is 43.6 Å². The summed E-state index contributed by atoms with van der Waals surface area (Å²) in [5.74, 6) is -1.05. The fraction of sp³-hybridized carbons (Fsp3) is 0.500. The number of carbonyl (C=O) groups excluding carboxylic acids is 1. The van der Waals surface area contributed by atoms with Gasteiger partial charge in [0.2, 0.25) is 5.91 Å². The van der Waals surface area contributed by atoms with E-state index in [1.165, 1.54) is 0 Å². The third kappa shape index (κ3) is 2.77. The minimum absolute atomic E-state index is 0.0108. The highest BCUT2D eigenvalue weighted by Crippen LogP contribution is 2.48. The van der Waals surface area contributed by atoms with Crippen molar-refractivity contribution in [2.24, 2.45) is 5.92 Å². The SMILES string of the molecule is O=C(O)C1CCC(NC(=O)C2(c3ccc(Cl)cc3)CC2)C1. The molecule has 0 saturated heterocycles. The van der Waals surface area contributed by atoms with Crippen LogP contribution in [0.25, 0.3) is 0 Å². The normalized spacial score (nSPS) is 26.3.